The van der Waals surface area contributed by atoms with Crippen LogP contribution in [0.15, 0.2) is 30.5 Å². The number of carbonyl (C=O) groups is 4. The number of nitrogens with two attached hydrogens (primary N) is 1. The molecule has 3 unspecified atom stereocenters. The van der Waals surface area contributed by atoms with Crippen LogP contribution >= 0.6 is 11.8 Å². The molecule has 0 spiro atoms. The zero-order valence-corrected chi connectivity index (χ0v) is 18.8. The first-order valence-electron chi connectivity index (χ1n) is 10.1. The number of amides is 3. The van der Waals surface area contributed by atoms with Crippen molar-refractivity contribution in [2.45, 2.75) is 37.9 Å². The predicted octanol–water partition coefficient (Wildman–Crippen LogP) is -0.0189. The second-order valence-corrected chi connectivity index (χ2v) is 8.34. The third kappa shape index (κ3) is 7.27. The number of nitrogens with one attached hydrogen (secondary N) is 4. The quantitative estimate of drug-likeness (QED) is 0.257. The van der Waals surface area contributed by atoms with E-state index in [0.717, 1.165) is 16.5 Å². The molecule has 1 aromatic heterocycles. The minimum absolute atomic E-state index is 0.294. The van der Waals surface area contributed by atoms with E-state index >= 15 is 0 Å². The number of benzene rings is 1. The maximum atomic E-state index is 12.7. The summed E-state index contributed by atoms with van der Waals surface area (Å²) in [5.74, 6) is -2.22. The molecule has 2 aromatic rings. The molecule has 0 saturated carbocycles. The Kier molecular flexibility index (Phi) is 9.54. The molecule has 2 rings (SSSR count). The standard InChI is InChI=1S/C21H29N5O5S/c1-12(21(30)31)25-18(27)11-24-20(29)17(7-8-32-2)26-19(28)15(22)9-13-10-23-16-6-4-3-5-14(13)16/h3-6,10,12,15,17,23H,7-9,11,22H2,1-2H3,(H,24,29)(H,25,27)(H,26,28)(H,30,31). The molecular formula is C21H29N5O5S. The average molecular weight is 464 g/mol. The van der Waals surface area contributed by atoms with Gasteiger partial charge in [-0.15, -0.1) is 0 Å². The zero-order chi connectivity index (χ0) is 23.7. The lowest BCUT2D eigenvalue weighted by Crippen LogP contribution is -2.53. The monoisotopic (exact) mass is 463 g/mol. The van der Waals surface area contributed by atoms with Crippen molar-refractivity contribution in [3.05, 3.63) is 36.0 Å². The first kappa shape index (κ1) is 25.2. The van der Waals surface area contributed by atoms with Gasteiger partial charge in [0.15, 0.2) is 0 Å². The molecule has 1 heterocycles. The fraction of sp³-hybridized carbons (Fsp3) is 0.429. The SMILES string of the molecule is CSCCC(NC(=O)C(N)Cc1c[nH]c2ccccc12)C(=O)NCC(=O)NC(C)C(=O)O. The number of rotatable bonds is 12. The molecule has 0 aliphatic carbocycles. The highest BCUT2D eigenvalue weighted by Gasteiger charge is 2.25. The smallest absolute Gasteiger partial charge is 0.325 e. The fourth-order valence-electron chi connectivity index (χ4n) is 3.06. The van der Waals surface area contributed by atoms with Crippen LogP contribution in [0.1, 0.15) is 18.9 Å². The summed E-state index contributed by atoms with van der Waals surface area (Å²) < 4.78 is 0. The Balaban J connectivity index is 1.94. The van der Waals surface area contributed by atoms with Crippen molar-refractivity contribution in [2.75, 3.05) is 18.6 Å². The molecule has 7 N–H and O–H groups in total. The minimum atomic E-state index is -1.18. The van der Waals surface area contributed by atoms with Crippen LogP contribution in [0, 0.1) is 0 Å². The summed E-state index contributed by atoms with van der Waals surface area (Å²) in [6.07, 6.45) is 4.33. The fourth-order valence-corrected chi connectivity index (χ4v) is 3.53. The largest absolute Gasteiger partial charge is 0.480 e. The lowest BCUT2D eigenvalue weighted by Gasteiger charge is -2.20. The first-order valence-corrected chi connectivity index (χ1v) is 11.5. The van der Waals surface area contributed by atoms with Crippen LogP contribution in [-0.2, 0) is 25.6 Å². The van der Waals surface area contributed by atoms with Crippen molar-refractivity contribution in [3.8, 4) is 0 Å². The van der Waals surface area contributed by atoms with E-state index in [1.54, 1.807) is 0 Å². The van der Waals surface area contributed by atoms with Crippen molar-refractivity contribution in [3.63, 3.8) is 0 Å². The van der Waals surface area contributed by atoms with Gasteiger partial charge in [-0.1, -0.05) is 18.2 Å². The number of fused-ring (bicyclic) bond motifs is 1. The number of carboxylic acid groups (broad SMARTS) is 1. The minimum Gasteiger partial charge on any atom is -0.480 e. The summed E-state index contributed by atoms with van der Waals surface area (Å²) in [6, 6.07) is 4.88. The maximum absolute atomic E-state index is 12.7. The van der Waals surface area contributed by atoms with Crippen LogP contribution in [0.4, 0.5) is 0 Å². The number of carboxylic acids is 1. The summed E-state index contributed by atoms with van der Waals surface area (Å²) >= 11 is 1.51. The Morgan fingerprint density at radius 2 is 1.88 bits per heavy atom. The number of aromatic amines is 1. The summed E-state index contributed by atoms with van der Waals surface area (Å²) in [7, 11) is 0. The predicted molar refractivity (Wildman–Crippen MR) is 123 cm³/mol. The zero-order valence-electron chi connectivity index (χ0n) is 18.0. The normalized spacial score (nSPS) is 13.7. The van der Waals surface area contributed by atoms with Crippen molar-refractivity contribution in [2.24, 2.45) is 5.73 Å². The van der Waals surface area contributed by atoms with Gasteiger partial charge in [0.1, 0.15) is 12.1 Å². The second-order valence-electron chi connectivity index (χ2n) is 7.36. The van der Waals surface area contributed by atoms with Gasteiger partial charge >= 0.3 is 5.97 Å². The van der Waals surface area contributed by atoms with E-state index in [0.29, 0.717) is 18.6 Å². The molecule has 10 nitrogen and oxygen atoms in total. The number of aliphatic carboxylic acids is 1. The summed E-state index contributed by atoms with van der Waals surface area (Å²) in [6.45, 7) is 0.919. The van der Waals surface area contributed by atoms with Crippen LogP contribution in [-0.4, -0.2) is 70.5 Å². The van der Waals surface area contributed by atoms with Gasteiger partial charge in [-0.05, 0) is 43.4 Å². The number of para-hydroxylation sites is 1. The van der Waals surface area contributed by atoms with Gasteiger partial charge in [-0.25, -0.2) is 0 Å². The molecule has 3 atom stereocenters. The Hall–Kier alpha value is -3.05. The van der Waals surface area contributed by atoms with Gasteiger partial charge in [0.05, 0.1) is 12.6 Å². The molecular weight excluding hydrogens is 434 g/mol. The Morgan fingerprint density at radius 1 is 1.16 bits per heavy atom. The Bertz CT molecular complexity index is 963. The van der Waals surface area contributed by atoms with E-state index in [4.69, 9.17) is 10.8 Å². The highest BCUT2D eigenvalue weighted by Crippen LogP contribution is 2.18. The number of hydrogen-bond donors (Lipinski definition) is 6. The van der Waals surface area contributed by atoms with E-state index in [1.165, 1.54) is 18.7 Å². The highest BCUT2D eigenvalue weighted by atomic mass is 32.2. The van der Waals surface area contributed by atoms with E-state index < -0.39 is 48.4 Å². The molecule has 174 valence electrons. The third-order valence-electron chi connectivity index (χ3n) is 4.87. The molecule has 0 aliphatic rings. The number of H-pyrrole nitrogens is 1. The van der Waals surface area contributed by atoms with Crippen LogP contribution in [0.25, 0.3) is 10.9 Å². The van der Waals surface area contributed by atoms with Crippen LogP contribution < -0.4 is 21.7 Å². The molecule has 0 aliphatic heterocycles. The van der Waals surface area contributed by atoms with E-state index in [1.807, 2.05) is 36.7 Å². The van der Waals surface area contributed by atoms with Crippen LogP contribution in [0.5, 0.6) is 0 Å². The van der Waals surface area contributed by atoms with Crippen molar-refractivity contribution < 1.29 is 24.3 Å². The summed E-state index contributed by atoms with van der Waals surface area (Å²) in [5, 5.41) is 17.2. The third-order valence-corrected chi connectivity index (χ3v) is 5.51. The summed E-state index contributed by atoms with van der Waals surface area (Å²) in [5.41, 5.74) is 7.95. The molecule has 0 fully saturated rings. The van der Waals surface area contributed by atoms with Crippen molar-refractivity contribution >= 4 is 46.4 Å². The van der Waals surface area contributed by atoms with Crippen molar-refractivity contribution in [1.29, 1.82) is 0 Å². The number of hydrogen-bond acceptors (Lipinski definition) is 6. The van der Waals surface area contributed by atoms with Crippen LogP contribution in [0.2, 0.25) is 0 Å². The number of thioether (sulfide) groups is 1. The lowest BCUT2D eigenvalue weighted by molar-refractivity contribution is -0.141. The average Bonchev–Trinajstić information content (AvgIpc) is 3.17. The van der Waals surface area contributed by atoms with Gasteiger partial charge in [0.2, 0.25) is 17.7 Å². The van der Waals surface area contributed by atoms with E-state index in [9.17, 15) is 19.2 Å². The molecule has 0 saturated heterocycles. The van der Waals surface area contributed by atoms with Gasteiger partial charge in [0, 0.05) is 17.1 Å². The Labute approximate surface area is 190 Å². The molecule has 3 amide bonds. The first-order chi connectivity index (χ1) is 15.2. The molecule has 32 heavy (non-hydrogen) atoms. The second kappa shape index (κ2) is 12.1. The van der Waals surface area contributed by atoms with Gasteiger partial charge in [-0.3, -0.25) is 19.2 Å². The van der Waals surface area contributed by atoms with Crippen LogP contribution in [0.3, 0.4) is 0 Å². The molecule has 1 aromatic carbocycles. The van der Waals surface area contributed by atoms with E-state index in [2.05, 4.69) is 20.9 Å². The maximum Gasteiger partial charge on any atom is 0.325 e. The Morgan fingerprint density at radius 3 is 2.56 bits per heavy atom. The molecule has 11 heteroatoms. The van der Waals surface area contributed by atoms with Gasteiger partial charge in [-0.2, -0.15) is 11.8 Å². The summed E-state index contributed by atoms with van der Waals surface area (Å²) in [4.78, 5) is 51.0. The van der Waals surface area contributed by atoms with Gasteiger partial charge < -0.3 is 31.8 Å². The lowest BCUT2D eigenvalue weighted by atomic mass is 10.0. The highest BCUT2D eigenvalue weighted by molar-refractivity contribution is 7.98. The van der Waals surface area contributed by atoms with Gasteiger partial charge in [0.25, 0.3) is 0 Å². The molecule has 0 bridgehead atoms. The molecule has 0 radical (unpaired) electrons. The number of aromatic nitrogens is 1. The topological polar surface area (TPSA) is 166 Å². The van der Waals surface area contributed by atoms with E-state index in [-0.39, 0.29) is 0 Å². The number of carbonyl (C=O) groups excluding carboxylic acids is 3. The van der Waals surface area contributed by atoms with Crippen molar-refractivity contribution in [1.82, 2.24) is 20.9 Å².